The summed E-state index contributed by atoms with van der Waals surface area (Å²) in [5.74, 6) is 0.688. The summed E-state index contributed by atoms with van der Waals surface area (Å²) in [5.41, 5.74) is 9.35. The maximum Gasteiger partial charge on any atom is 0.161 e. The van der Waals surface area contributed by atoms with Gasteiger partial charge in [-0.2, -0.15) is 5.10 Å². The second-order valence-corrected chi connectivity index (χ2v) is 9.17. The molecular formula is C26H20N6S. The van der Waals surface area contributed by atoms with Crippen LogP contribution in [0.25, 0.3) is 60.9 Å². The first-order valence-electron chi connectivity index (χ1n) is 10.6. The zero-order valence-corrected chi connectivity index (χ0v) is 19.0. The molecule has 0 spiro atoms. The van der Waals surface area contributed by atoms with Crippen molar-refractivity contribution in [2.45, 2.75) is 13.8 Å². The molecule has 0 bridgehead atoms. The normalized spacial score (nSPS) is 11.5. The molecule has 5 aromatic heterocycles. The molecule has 5 heterocycles. The Kier molecular flexibility index (Phi) is 4.45. The molecule has 0 radical (unpaired) electrons. The molecule has 0 fully saturated rings. The highest BCUT2D eigenvalue weighted by atomic mass is 32.1. The van der Waals surface area contributed by atoms with Crippen LogP contribution in [0, 0.1) is 6.92 Å². The lowest BCUT2D eigenvalue weighted by Crippen LogP contribution is -1.90. The number of allylic oxidation sites excluding steroid dienone is 1. The van der Waals surface area contributed by atoms with E-state index >= 15 is 0 Å². The van der Waals surface area contributed by atoms with E-state index in [-0.39, 0.29) is 0 Å². The molecule has 0 saturated carbocycles. The molecule has 33 heavy (non-hydrogen) atoms. The smallest absolute Gasteiger partial charge is 0.161 e. The van der Waals surface area contributed by atoms with Crippen molar-refractivity contribution in [2.24, 2.45) is 0 Å². The summed E-state index contributed by atoms with van der Waals surface area (Å²) in [6, 6.07) is 16.4. The van der Waals surface area contributed by atoms with E-state index in [2.05, 4.69) is 51.9 Å². The van der Waals surface area contributed by atoms with Crippen LogP contribution in [0.3, 0.4) is 0 Å². The Morgan fingerprint density at radius 2 is 1.85 bits per heavy atom. The molecule has 0 amide bonds. The Hall–Kier alpha value is -4.10. The Morgan fingerprint density at radius 3 is 2.67 bits per heavy atom. The number of hydrogen-bond donors (Lipinski definition) is 2. The van der Waals surface area contributed by atoms with Crippen molar-refractivity contribution in [1.29, 1.82) is 0 Å². The molecule has 1 aromatic carbocycles. The van der Waals surface area contributed by atoms with Gasteiger partial charge in [-0.05, 0) is 61.4 Å². The maximum absolute atomic E-state index is 4.95. The van der Waals surface area contributed by atoms with Gasteiger partial charge >= 0.3 is 0 Å². The molecule has 160 valence electrons. The van der Waals surface area contributed by atoms with Gasteiger partial charge < -0.3 is 4.98 Å². The summed E-state index contributed by atoms with van der Waals surface area (Å²) in [6.45, 7) is 8.15. The quantitative estimate of drug-likeness (QED) is 0.317. The highest BCUT2D eigenvalue weighted by Crippen LogP contribution is 2.36. The van der Waals surface area contributed by atoms with Gasteiger partial charge in [0.25, 0.3) is 0 Å². The third kappa shape index (κ3) is 3.25. The largest absolute Gasteiger partial charge is 0.336 e. The molecule has 6 nitrogen and oxygen atoms in total. The zero-order valence-electron chi connectivity index (χ0n) is 18.2. The fourth-order valence-corrected chi connectivity index (χ4v) is 4.96. The van der Waals surface area contributed by atoms with E-state index < -0.39 is 0 Å². The van der Waals surface area contributed by atoms with Gasteiger partial charge in [-0.25, -0.2) is 9.97 Å². The van der Waals surface area contributed by atoms with Gasteiger partial charge in [-0.15, -0.1) is 11.3 Å². The molecule has 0 aliphatic heterocycles. The van der Waals surface area contributed by atoms with E-state index in [1.165, 1.54) is 4.88 Å². The predicted molar refractivity (Wildman–Crippen MR) is 135 cm³/mol. The monoisotopic (exact) mass is 448 g/mol. The van der Waals surface area contributed by atoms with Gasteiger partial charge in [0.05, 0.1) is 22.2 Å². The number of pyridine rings is 2. The third-order valence-corrected chi connectivity index (χ3v) is 7.03. The standard InChI is InChI=1S/C26H20N6S/c1-14(2)21-9-10-22(33-21)16-5-4-6-19-23(16)30-26(29-19)25-24-20(31-32-25)8-7-18(28-24)17-13-27-12-11-15(17)3/h4-13H,1H2,2-3H3,(H,29,30)(H,31,32). The van der Waals surface area contributed by atoms with Crippen LogP contribution in [0.5, 0.6) is 0 Å². The lowest BCUT2D eigenvalue weighted by atomic mass is 10.1. The van der Waals surface area contributed by atoms with Crippen molar-refractivity contribution in [3.05, 3.63) is 77.9 Å². The van der Waals surface area contributed by atoms with Crippen molar-refractivity contribution in [3.8, 4) is 33.2 Å². The van der Waals surface area contributed by atoms with E-state index in [9.17, 15) is 0 Å². The number of rotatable bonds is 4. The van der Waals surface area contributed by atoms with Crippen molar-refractivity contribution in [2.75, 3.05) is 0 Å². The average Bonchev–Trinajstić information content (AvgIpc) is 3.56. The lowest BCUT2D eigenvalue weighted by molar-refractivity contribution is 1.10. The predicted octanol–water partition coefficient (Wildman–Crippen LogP) is 6.63. The second-order valence-electron chi connectivity index (χ2n) is 8.09. The molecule has 0 aliphatic carbocycles. The number of aromatic nitrogens is 6. The number of aromatic amines is 2. The summed E-state index contributed by atoms with van der Waals surface area (Å²) in [5, 5.41) is 7.63. The number of aryl methyl sites for hydroxylation is 1. The summed E-state index contributed by atoms with van der Waals surface area (Å²) >= 11 is 1.73. The Labute approximate surface area is 194 Å². The number of nitrogens with zero attached hydrogens (tertiary/aromatic N) is 4. The number of nitrogens with one attached hydrogen (secondary N) is 2. The Balaban J connectivity index is 1.49. The van der Waals surface area contributed by atoms with E-state index in [1.807, 2.05) is 43.5 Å². The minimum absolute atomic E-state index is 0.688. The van der Waals surface area contributed by atoms with Gasteiger partial charge in [0, 0.05) is 33.3 Å². The van der Waals surface area contributed by atoms with Gasteiger partial charge in [-0.3, -0.25) is 10.1 Å². The van der Waals surface area contributed by atoms with Gasteiger partial charge in [0.1, 0.15) is 5.52 Å². The number of H-pyrrole nitrogens is 2. The number of hydrogen-bond acceptors (Lipinski definition) is 5. The minimum Gasteiger partial charge on any atom is -0.336 e. The van der Waals surface area contributed by atoms with Crippen LogP contribution >= 0.6 is 11.3 Å². The Morgan fingerprint density at radius 1 is 0.939 bits per heavy atom. The summed E-state index contributed by atoms with van der Waals surface area (Å²) in [4.78, 5) is 19.9. The van der Waals surface area contributed by atoms with Crippen LogP contribution in [-0.4, -0.2) is 30.1 Å². The van der Waals surface area contributed by atoms with E-state index in [0.717, 1.165) is 54.9 Å². The third-order valence-electron chi connectivity index (χ3n) is 5.75. The van der Waals surface area contributed by atoms with Crippen molar-refractivity contribution in [3.63, 3.8) is 0 Å². The van der Waals surface area contributed by atoms with Crippen molar-refractivity contribution >= 4 is 39.0 Å². The summed E-state index contributed by atoms with van der Waals surface area (Å²) in [6.07, 6.45) is 3.64. The number of fused-ring (bicyclic) bond motifs is 2. The van der Waals surface area contributed by atoms with Crippen LogP contribution < -0.4 is 0 Å². The Bertz CT molecular complexity index is 1670. The fourth-order valence-electron chi connectivity index (χ4n) is 4.00. The van der Waals surface area contributed by atoms with Gasteiger partial charge in [0.2, 0.25) is 0 Å². The SMILES string of the molecule is C=C(C)c1ccc(-c2cccc3[nH]c(-c4n[nH]c5ccc(-c6cnccc6C)nc45)nc23)s1. The van der Waals surface area contributed by atoms with E-state index in [1.54, 1.807) is 17.5 Å². The molecule has 0 atom stereocenters. The molecule has 6 aromatic rings. The molecule has 7 heteroatoms. The number of imidazole rings is 1. The van der Waals surface area contributed by atoms with Crippen LogP contribution in [0.1, 0.15) is 17.4 Å². The molecule has 6 rings (SSSR count). The number of para-hydroxylation sites is 1. The first-order chi connectivity index (χ1) is 16.1. The first kappa shape index (κ1) is 19.6. The highest BCUT2D eigenvalue weighted by molar-refractivity contribution is 7.16. The van der Waals surface area contributed by atoms with Crippen LogP contribution in [0.4, 0.5) is 0 Å². The zero-order chi connectivity index (χ0) is 22.5. The van der Waals surface area contributed by atoms with Gasteiger partial charge in [-0.1, -0.05) is 18.7 Å². The van der Waals surface area contributed by atoms with Crippen molar-refractivity contribution in [1.82, 2.24) is 30.1 Å². The number of thiophene rings is 1. The first-order valence-corrected chi connectivity index (χ1v) is 11.4. The minimum atomic E-state index is 0.688. The molecule has 0 saturated heterocycles. The topological polar surface area (TPSA) is 83.1 Å². The fraction of sp³-hybridized carbons (Fsp3) is 0.0769. The average molecular weight is 449 g/mol. The van der Waals surface area contributed by atoms with Gasteiger partial charge in [0.15, 0.2) is 11.5 Å². The molecule has 2 N–H and O–H groups in total. The maximum atomic E-state index is 4.95. The summed E-state index contributed by atoms with van der Waals surface area (Å²) < 4.78 is 0. The van der Waals surface area contributed by atoms with Crippen LogP contribution in [-0.2, 0) is 0 Å². The molecular weight excluding hydrogens is 428 g/mol. The second kappa shape index (κ2) is 7.50. The van der Waals surface area contributed by atoms with E-state index in [4.69, 9.17) is 9.97 Å². The summed E-state index contributed by atoms with van der Waals surface area (Å²) in [7, 11) is 0. The van der Waals surface area contributed by atoms with E-state index in [0.29, 0.717) is 11.5 Å². The van der Waals surface area contributed by atoms with Crippen LogP contribution in [0.2, 0.25) is 0 Å². The molecule has 0 unspecified atom stereocenters. The van der Waals surface area contributed by atoms with Crippen LogP contribution in [0.15, 0.2) is 67.5 Å². The lowest BCUT2D eigenvalue weighted by Gasteiger charge is -2.04. The highest BCUT2D eigenvalue weighted by Gasteiger charge is 2.17. The number of benzene rings is 1. The van der Waals surface area contributed by atoms with Crippen molar-refractivity contribution < 1.29 is 0 Å². The molecule has 0 aliphatic rings.